The van der Waals surface area contributed by atoms with Crippen LogP contribution in [0, 0.1) is 0 Å². The number of rotatable bonds is 5. The van der Waals surface area contributed by atoms with Gasteiger partial charge in [0.2, 0.25) is 0 Å². The highest BCUT2D eigenvalue weighted by molar-refractivity contribution is 5.69. The first-order chi connectivity index (χ1) is 5.56. The topological polar surface area (TPSA) is 66.8 Å². The Bertz CT molecular complexity index is 133. The van der Waals surface area contributed by atoms with Gasteiger partial charge in [0.05, 0.1) is 12.5 Å². The van der Waals surface area contributed by atoms with Crippen LogP contribution in [0.15, 0.2) is 0 Å². The molecule has 0 aromatic rings. The van der Waals surface area contributed by atoms with E-state index in [0.717, 1.165) is 6.42 Å². The smallest absolute Gasteiger partial charge is 0.306 e. The van der Waals surface area contributed by atoms with Crippen molar-refractivity contribution in [3.63, 3.8) is 0 Å². The fourth-order valence-corrected chi connectivity index (χ4v) is 0.614. The van der Waals surface area contributed by atoms with Crippen molar-refractivity contribution in [1.29, 1.82) is 0 Å². The number of esters is 1. The third-order valence-electron chi connectivity index (χ3n) is 1.51. The van der Waals surface area contributed by atoms with Crippen LogP contribution in [0.2, 0.25) is 0 Å². The third kappa shape index (κ3) is 6.12. The number of hydrogen-bond acceptors (Lipinski definition) is 4. The van der Waals surface area contributed by atoms with Gasteiger partial charge < -0.3 is 14.9 Å². The fourth-order valence-electron chi connectivity index (χ4n) is 0.614. The maximum atomic E-state index is 10.9. The lowest BCUT2D eigenvalue weighted by Gasteiger charge is -2.10. The van der Waals surface area contributed by atoms with Crippen LogP contribution in [-0.4, -0.2) is 28.6 Å². The average molecular weight is 176 g/mol. The molecule has 0 amide bonds. The van der Waals surface area contributed by atoms with E-state index in [1.165, 1.54) is 0 Å². The molecule has 0 aliphatic heterocycles. The molecule has 72 valence electrons. The van der Waals surface area contributed by atoms with Gasteiger partial charge in [-0.3, -0.25) is 4.79 Å². The molecule has 4 nitrogen and oxygen atoms in total. The summed E-state index contributed by atoms with van der Waals surface area (Å²) in [5, 5.41) is 16.9. The third-order valence-corrected chi connectivity index (χ3v) is 1.51. The molecule has 4 heteroatoms. The summed E-state index contributed by atoms with van der Waals surface area (Å²) in [5.74, 6) is -0.377. The summed E-state index contributed by atoms with van der Waals surface area (Å²) in [6.45, 7) is 3.71. The van der Waals surface area contributed by atoms with Crippen molar-refractivity contribution in [2.45, 2.75) is 45.5 Å². The van der Waals surface area contributed by atoms with Crippen molar-refractivity contribution in [2.24, 2.45) is 0 Å². The van der Waals surface area contributed by atoms with Crippen molar-refractivity contribution >= 4 is 5.97 Å². The van der Waals surface area contributed by atoms with Gasteiger partial charge in [-0.2, -0.15) is 0 Å². The van der Waals surface area contributed by atoms with Gasteiger partial charge in [0.25, 0.3) is 0 Å². The minimum absolute atomic E-state index is 0.0370. The van der Waals surface area contributed by atoms with Crippen LogP contribution < -0.4 is 0 Å². The quantitative estimate of drug-likeness (QED) is 0.470. The number of hydrogen-bond donors (Lipinski definition) is 2. The Balaban J connectivity index is 3.46. The summed E-state index contributed by atoms with van der Waals surface area (Å²) >= 11 is 0. The summed E-state index contributed by atoms with van der Waals surface area (Å²) in [6, 6.07) is 0. The predicted molar refractivity (Wildman–Crippen MR) is 43.3 cm³/mol. The zero-order valence-corrected chi connectivity index (χ0v) is 7.49. The predicted octanol–water partition coefficient (Wildman–Crippen LogP) is 0.419. The summed E-state index contributed by atoms with van der Waals surface area (Å²) in [7, 11) is 0. The summed E-state index contributed by atoms with van der Waals surface area (Å²) in [6.07, 6.45) is -0.646. The van der Waals surface area contributed by atoms with Crippen LogP contribution in [0.4, 0.5) is 0 Å². The molecule has 0 aromatic heterocycles. The van der Waals surface area contributed by atoms with E-state index >= 15 is 0 Å². The maximum Gasteiger partial charge on any atom is 0.306 e. The van der Waals surface area contributed by atoms with Gasteiger partial charge in [-0.1, -0.05) is 6.92 Å². The number of aliphatic hydroxyl groups is 2. The van der Waals surface area contributed by atoms with Crippen molar-refractivity contribution in [1.82, 2.24) is 0 Å². The Morgan fingerprint density at radius 3 is 2.50 bits per heavy atom. The summed E-state index contributed by atoms with van der Waals surface area (Å²) < 4.78 is 4.89. The van der Waals surface area contributed by atoms with E-state index in [4.69, 9.17) is 14.9 Å². The lowest BCUT2D eigenvalue weighted by atomic mass is 10.3. The minimum atomic E-state index is -1.42. The zero-order chi connectivity index (χ0) is 9.56. The summed E-state index contributed by atoms with van der Waals surface area (Å²) in [5.41, 5.74) is 0. The van der Waals surface area contributed by atoms with Gasteiger partial charge in [-0.25, -0.2) is 0 Å². The van der Waals surface area contributed by atoms with E-state index in [9.17, 15) is 4.79 Å². The fraction of sp³-hybridized carbons (Fsp3) is 0.875. The number of carbonyl (C=O) groups excluding carboxylic acids is 1. The average Bonchev–Trinajstić information content (AvgIpc) is 2.00. The highest BCUT2D eigenvalue weighted by Gasteiger charge is 2.09. The monoisotopic (exact) mass is 176 g/mol. The highest BCUT2D eigenvalue weighted by atomic mass is 16.5. The molecule has 0 aromatic carbocycles. The molecule has 0 bridgehead atoms. The van der Waals surface area contributed by atoms with E-state index < -0.39 is 6.29 Å². The largest absolute Gasteiger partial charge is 0.463 e. The lowest BCUT2D eigenvalue weighted by molar-refractivity contribution is -0.150. The van der Waals surface area contributed by atoms with Crippen molar-refractivity contribution < 1.29 is 19.7 Å². The van der Waals surface area contributed by atoms with E-state index in [-0.39, 0.29) is 24.9 Å². The van der Waals surface area contributed by atoms with Crippen molar-refractivity contribution in [3.8, 4) is 0 Å². The van der Waals surface area contributed by atoms with Crippen LogP contribution in [0.3, 0.4) is 0 Å². The zero-order valence-electron chi connectivity index (χ0n) is 7.49. The number of carbonyl (C=O) groups is 1. The van der Waals surface area contributed by atoms with Gasteiger partial charge in [0.15, 0.2) is 6.29 Å². The summed E-state index contributed by atoms with van der Waals surface area (Å²) in [4.78, 5) is 10.9. The molecular weight excluding hydrogens is 160 g/mol. The molecule has 0 radical (unpaired) electrons. The maximum absolute atomic E-state index is 10.9. The number of aliphatic hydroxyl groups excluding tert-OH is 1. The molecule has 0 heterocycles. The second-order valence-electron chi connectivity index (χ2n) is 2.73. The first-order valence-electron chi connectivity index (χ1n) is 4.11. The minimum Gasteiger partial charge on any atom is -0.463 e. The second kappa shape index (κ2) is 5.97. The molecule has 1 unspecified atom stereocenters. The van der Waals surface area contributed by atoms with E-state index in [1.54, 1.807) is 6.92 Å². The Labute approximate surface area is 72.2 Å². The molecule has 12 heavy (non-hydrogen) atoms. The van der Waals surface area contributed by atoms with E-state index in [2.05, 4.69) is 0 Å². The van der Waals surface area contributed by atoms with Gasteiger partial charge in [-0.05, 0) is 13.3 Å². The van der Waals surface area contributed by atoms with Crippen LogP contribution >= 0.6 is 0 Å². The van der Waals surface area contributed by atoms with Crippen molar-refractivity contribution in [2.75, 3.05) is 0 Å². The first kappa shape index (κ1) is 11.4. The SMILES string of the molecule is CCC(C)OC(=O)CCC(O)O. The molecule has 0 saturated heterocycles. The Morgan fingerprint density at radius 2 is 2.08 bits per heavy atom. The molecule has 0 rings (SSSR count). The lowest BCUT2D eigenvalue weighted by Crippen LogP contribution is -2.16. The molecule has 0 fully saturated rings. The first-order valence-corrected chi connectivity index (χ1v) is 4.11. The van der Waals surface area contributed by atoms with Crippen molar-refractivity contribution in [3.05, 3.63) is 0 Å². The molecule has 0 aliphatic rings. The van der Waals surface area contributed by atoms with Gasteiger partial charge >= 0.3 is 5.97 Å². The standard InChI is InChI=1S/C8H16O4/c1-3-6(2)12-8(11)5-4-7(9)10/h6-7,9-10H,3-5H2,1-2H3. The second-order valence-corrected chi connectivity index (χ2v) is 2.73. The van der Waals surface area contributed by atoms with E-state index in [1.807, 2.05) is 6.92 Å². The van der Waals surface area contributed by atoms with Gasteiger partial charge in [-0.15, -0.1) is 0 Å². The number of ether oxygens (including phenoxy) is 1. The van der Waals surface area contributed by atoms with Crippen LogP contribution in [-0.2, 0) is 9.53 Å². The Hall–Kier alpha value is -0.610. The molecule has 1 atom stereocenters. The van der Waals surface area contributed by atoms with Gasteiger partial charge in [0.1, 0.15) is 0 Å². The molecule has 0 saturated carbocycles. The van der Waals surface area contributed by atoms with Crippen LogP contribution in [0.25, 0.3) is 0 Å². The molecule has 0 spiro atoms. The molecule has 0 aliphatic carbocycles. The highest BCUT2D eigenvalue weighted by Crippen LogP contribution is 2.01. The normalized spacial score (nSPS) is 13.1. The molecule has 2 N–H and O–H groups in total. The van der Waals surface area contributed by atoms with E-state index in [0.29, 0.717) is 0 Å². The van der Waals surface area contributed by atoms with Crippen LogP contribution in [0.1, 0.15) is 33.1 Å². The Morgan fingerprint density at radius 1 is 1.50 bits per heavy atom. The van der Waals surface area contributed by atoms with Gasteiger partial charge in [0, 0.05) is 6.42 Å². The Kier molecular flexibility index (Phi) is 5.66. The van der Waals surface area contributed by atoms with Crippen LogP contribution in [0.5, 0.6) is 0 Å². The molecular formula is C8H16O4.